The topological polar surface area (TPSA) is 158 Å². The highest BCUT2D eigenvalue weighted by Crippen LogP contribution is 2.77. The Labute approximate surface area is 276 Å². The van der Waals surface area contributed by atoms with Crippen molar-refractivity contribution in [3.05, 3.63) is 23.8 Å². The molecular formula is C36H51NO10. The fourth-order valence-corrected chi connectivity index (χ4v) is 12.7. The van der Waals surface area contributed by atoms with Gasteiger partial charge in [0.1, 0.15) is 11.7 Å². The molecule has 7 fully saturated rings. The van der Waals surface area contributed by atoms with Gasteiger partial charge in [0.05, 0.1) is 37.1 Å². The van der Waals surface area contributed by atoms with Crippen molar-refractivity contribution in [2.75, 3.05) is 27.3 Å². The number of nitrogens with zero attached hydrogens (tertiary/aromatic N) is 1. The number of ether oxygens (including phenoxy) is 4. The minimum atomic E-state index is -1.79. The summed E-state index contributed by atoms with van der Waals surface area (Å²) < 4.78 is 23.7. The van der Waals surface area contributed by atoms with Crippen molar-refractivity contribution in [3.8, 4) is 11.5 Å². The van der Waals surface area contributed by atoms with Crippen molar-refractivity contribution >= 4 is 5.97 Å². The number of methoxy groups -OCH3 is 2. The highest BCUT2D eigenvalue weighted by Gasteiger charge is 2.85. The molecule has 11 heteroatoms. The summed E-state index contributed by atoms with van der Waals surface area (Å²) in [6.45, 7) is 7.60. The molecule has 15 atom stereocenters. The Kier molecular flexibility index (Phi) is 7.05. The van der Waals surface area contributed by atoms with Gasteiger partial charge in [-0.25, -0.2) is 4.79 Å². The molecule has 1 spiro atoms. The van der Waals surface area contributed by atoms with Crippen LogP contribution in [0.25, 0.3) is 0 Å². The maximum atomic E-state index is 13.5. The van der Waals surface area contributed by atoms with E-state index in [1.54, 1.807) is 25.1 Å². The van der Waals surface area contributed by atoms with Gasteiger partial charge >= 0.3 is 5.97 Å². The van der Waals surface area contributed by atoms with Gasteiger partial charge in [0.15, 0.2) is 17.6 Å². The lowest BCUT2D eigenvalue weighted by Crippen LogP contribution is -2.76. The predicted molar refractivity (Wildman–Crippen MR) is 168 cm³/mol. The predicted octanol–water partition coefficient (Wildman–Crippen LogP) is 2.10. The first-order chi connectivity index (χ1) is 22.2. The fraction of sp³-hybridized carbons (Fsp3) is 0.806. The van der Waals surface area contributed by atoms with E-state index in [-0.39, 0.29) is 23.4 Å². The second kappa shape index (κ2) is 10.3. The molecule has 1 aromatic carbocycles. The molecule has 3 saturated heterocycles. The molecule has 0 amide bonds. The van der Waals surface area contributed by atoms with Gasteiger partial charge in [0, 0.05) is 42.3 Å². The fourth-order valence-electron chi connectivity index (χ4n) is 12.7. The monoisotopic (exact) mass is 657 g/mol. The molecule has 4 saturated carbocycles. The van der Waals surface area contributed by atoms with Crippen molar-refractivity contribution in [2.45, 2.75) is 113 Å². The zero-order chi connectivity index (χ0) is 33.5. The van der Waals surface area contributed by atoms with Crippen LogP contribution < -0.4 is 9.47 Å². The van der Waals surface area contributed by atoms with E-state index in [0.717, 1.165) is 19.4 Å². The van der Waals surface area contributed by atoms with Crippen LogP contribution in [0.15, 0.2) is 18.2 Å². The van der Waals surface area contributed by atoms with Crippen molar-refractivity contribution in [3.63, 3.8) is 0 Å². The van der Waals surface area contributed by atoms with E-state index in [0.29, 0.717) is 56.1 Å². The van der Waals surface area contributed by atoms with Crippen LogP contribution in [0, 0.1) is 40.9 Å². The van der Waals surface area contributed by atoms with E-state index in [9.17, 15) is 30.3 Å². The highest BCUT2D eigenvalue weighted by molar-refractivity contribution is 5.90. The van der Waals surface area contributed by atoms with Crippen LogP contribution in [0.2, 0.25) is 0 Å². The Balaban J connectivity index is 1.14. The van der Waals surface area contributed by atoms with Gasteiger partial charge in [0.2, 0.25) is 5.79 Å². The Morgan fingerprint density at radius 2 is 1.68 bits per heavy atom. The summed E-state index contributed by atoms with van der Waals surface area (Å²) in [6, 6.07) is 4.65. The Morgan fingerprint density at radius 1 is 0.957 bits per heavy atom. The number of esters is 1. The Morgan fingerprint density at radius 3 is 2.40 bits per heavy atom. The molecule has 47 heavy (non-hydrogen) atoms. The number of carbonyl (C=O) groups is 1. The molecule has 5 N–H and O–H groups in total. The number of aliphatic hydroxyl groups excluding tert-OH is 2. The first-order valence-electron chi connectivity index (χ1n) is 17.6. The molecule has 11 nitrogen and oxygen atoms in total. The van der Waals surface area contributed by atoms with Crippen molar-refractivity contribution in [1.29, 1.82) is 0 Å². The van der Waals surface area contributed by atoms with Crippen LogP contribution in [0.3, 0.4) is 0 Å². The van der Waals surface area contributed by atoms with Crippen LogP contribution in [0.5, 0.6) is 11.5 Å². The standard InChI is InChI=1S/C36H51NO10/c1-18-6-11-26-33(3,41)28-20(17-37(26)16-18)21-15-34-25(35(21,42)30(39)29(28)38)10-9-24-32(34,2)13-12-27(36(24,43)47-34)46-31(40)19-7-8-22(44-4)23(14-19)45-5/h7-8,14,18,20-21,24-30,38-39,41-43H,6,9-13,15-17H2,1-5H3. The van der Waals surface area contributed by atoms with E-state index >= 15 is 0 Å². The van der Waals surface area contributed by atoms with Crippen LogP contribution >= 0.6 is 0 Å². The second-order valence-electron chi connectivity index (χ2n) is 16.5. The van der Waals surface area contributed by atoms with Gasteiger partial charge in [-0.1, -0.05) is 13.8 Å². The molecule has 7 aliphatic rings. The third-order valence-electron chi connectivity index (χ3n) is 14.7. The van der Waals surface area contributed by atoms with Crippen LogP contribution in [-0.2, 0) is 9.47 Å². The normalized spacial score (nSPS) is 52.9. The van der Waals surface area contributed by atoms with Crippen molar-refractivity contribution in [1.82, 2.24) is 4.90 Å². The molecule has 1 aromatic rings. The molecule has 3 heterocycles. The molecule has 15 unspecified atom stereocenters. The molecule has 0 radical (unpaired) electrons. The summed E-state index contributed by atoms with van der Waals surface area (Å²) in [5.74, 6) is -3.32. The zero-order valence-corrected chi connectivity index (χ0v) is 28.1. The minimum Gasteiger partial charge on any atom is -0.493 e. The summed E-state index contributed by atoms with van der Waals surface area (Å²) in [5, 5.41) is 61.1. The van der Waals surface area contributed by atoms with Gasteiger partial charge in [0.25, 0.3) is 0 Å². The maximum absolute atomic E-state index is 13.5. The number of benzene rings is 1. The average molecular weight is 658 g/mol. The lowest BCUT2D eigenvalue weighted by atomic mass is 9.49. The van der Waals surface area contributed by atoms with E-state index in [4.69, 9.17) is 18.9 Å². The quantitative estimate of drug-likeness (QED) is 0.302. The third kappa shape index (κ3) is 3.91. The van der Waals surface area contributed by atoms with E-state index < -0.39 is 70.0 Å². The number of hydrogen-bond donors (Lipinski definition) is 5. The van der Waals surface area contributed by atoms with Gasteiger partial charge in [-0.2, -0.15) is 0 Å². The largest absolute Gasteiger partial charge is 0.493 e. The minimum absolute atomic E-state index is 0.125. The lowest BCUT2D eigenvalue weighted by Gasteiger charge is -2.63. The third-order valence-corrected chi connectivity index (χ3v) is 14.7. The van der Waals surface area contributed by atoms with E-state index in [1.165, 1.54) is 14.2 Å². The van der Waals surface area contributed by atoms with Crippen LogP contribution in [-0.4, -0.2) is 111 Å². The van der Waals surface area contributed by atoms with Crippen LogP contribution in [0.1, 0.15) is 76.1 Å². The molecular weight excluding hydrogens is 606 g/mol. The van der Waals surface area contributed by atoms with E-state index in [1.807, 2.05) is 0 Å². The van der Waals surface area contributed by atoms with Crippen molar-refractivity contribution in [2.24, 2.45) is 40.9 Å². The summed E-state index contributed by atoms with van der Waals surface area (Å²) in [6.07, 6.45) is 0.454. The van der Waals surface area contributed by atoms with E-state index in [2.05, 4.69) is 18.7 Å². The maximum Gasteiger partial charge on any atom is 0.338 e. The first-order valence-corrected chi connectivity index (χ1v) is 17.6. The smallest absolute Gasteiger partial charge is 0.338 e. The first kappa shape index (κ1) is 32.2. The number of aliphatic hydroxyl groups is 5. The Bertz CT molecular complexity index is 1450. The summed E-state index contributed by atoms with van der Waals surface area (Å²) >= 11 is 0. The Hall–Kier alpha value is -1.99. The number of carbonyl (C=O) groups excluding carboxylic acids is 1. The number of hydrogen-bond acceptors (Lipinski definition) is 11. The summed E-state index contributed by atoms with van der Waals surface area (Å²) in [7, 11) is 3.01. The van der Waals surface area contributed by atoms with Crippen molar-refractivity contribution < 1.29 is 49.3 Å². The van der Waals surface area contributed by atoms with Crippen LogP contribution in [0.4, 0.5) is 0 Å². The van der Waals surface area contributed by atoms with Gasteiger partial charge in [-0.3, -0.25) is 4.90 Å². The molecule has 260 valence electrons. The molecule has 4 aliphatic carbocycles. The molecule has 0 aromatic heterocycles. The van der Waals surface area contributed by atoms with Gasteiger partial charge in [-0.15, -0.1) is 0 Å². The molecule has 3 aliphatic heterocycles. The molecule has 8 rings (SSSR count). The average Bonchev–Trinajstić information content (AvgIpc) is 3.28. The van der Waals surface area contributed by atoms with Gasteiger partial charge < -0.3 is 44.5 Å². The zero-order valence-electron chi connectivity index (χ0n) is 28.1. The molecule has 4 bridgehead atoms. The summed E-state index contributed by atoms with van der Waals surface area (Å²) in [4.78, 5) is 15.8. The SMILES string of the molecule is COc1ccc(C(=O)OC2CCC3(C)C4CCC5C6(O)C(O)C(O)C7C(CN8CC(C)CCC8C7(C)O)C6CC53OC24O)cc1OC. The second-order valence-corrected chi connectivity index (χ2v) is 16.5. The lowest BCUT2D eigenvalue weighted by molar-refractivity contribution is -0.290. The highest BCUT2D eigenvalue weighted by atomic mass is 16.7. The number of rotatable bonds is 4. The number of piperidine rings is 2. The number of fused-ring (bicyclic) bond motifs is 5. The summed E-state index contributed by atoms with van der Waals surface area (Å²) in [5.41, 5.74) is -4.24. The van der Waals surface area contributed by atoms with Gasteiger partial charge in [-0.05, 0) is 87.8 Å².